The number of hydrogen-bond donors (Lipinski definition) is 1. The molecule has 1 fully saturated rings. The molecule has 0 spiro atoms. The second kappa shape index (κ2) is 18.4. The maximum atomic E-state index is 14.8. The number of thioether (sulfide) groups is 1. The van der Waals surface area contributed by atoms with Crippen LogP contribution in [-0.4, -0.2) is 55.2 Å². The molecule has 16 heteroatoms. The third-order valence-corrected chi connectivity index (χ3v) is 14.3. The van der Waals surface area contributed by atoms with Gasteiger partial charge in [0.2, 0.25) is 5.91 Å². The zero-order valence-corrected chi connectivity index (χ0v) is 31.9. The van der Waals surface area contributed by atoms with E-state index in [0.717, 1.165) is 27.7 Å². The van der Waals surface area contributed by atoms with Crippen LogP contribution in [0.2, 0.25) is 0 Å². The van der Waals surface area contributed by atoms with E-state index in [1.54, 1.807) is 0 Å². The number of amides is 2. The zero-order valence-electron chi connectivity index (χ0n) is 30.2. The van der Waals surface area contributed by atoms with Gasteiger partial charge in [-0.2, -0.15) is 0 Å². The van der Waals surface area contributed by atoms with Crippen LogP contribution in [0, 0.1) is 20.2 Å². The van der Waals surface area contributed by atoms with Crippen LogP contribution < -0.4 is 21.2 Å². The van der Waals surface area contributed by atoms with Crippen LogP contribution in [0.3, 0.4) is 0 Å². The summed E-state index contributed by atoms with van der Waals surface area (Å²) < 4.78 is 11.2. The summed E-state index contributed by atoms with van der Waals surface area (Å²) in [5.74, 6) is -1.18. The quantitative estimate of drug-likeness (QED) is 0.0443. The molecule has 290 valence electrons. The average molecular weight is 807 g/mol. The number of carbonyl (C=O) groups excluding carboxylic acids is 4. The van der Waals surface area contributed by atoms with E-state index in [4.69, 9.17) is 9.47 Å². The van der Waals surface area contributed by atoms with E-state index in [0.29, 0.717) is 11.1 Å². The Kier molecular flexibility index (Phi) is 12.9. The summed E-state index contributed by atoms with van der Waals surface area (Å²) in [5, 5.41) is 25.8. The van der Waals surface area contributed by atoms with Crippen molar-refractivity contribution in [1.29, 1.82) is 0 Å². The molecule has 1 N–H and O–H groups in total. The lowest BCUT2D eigenvalue weighted by Gasteiger charge is -2.44. The molecule has 5 aromatic carbocycles. The molecular weight excluding hydrogens is 772 g/mol. The number of likely N-dealkylation sites (tertiary alicyclic amines) is 1. The van der Waals surface area contributed by atoms with E-state index in [1.807, 2.05) is 91.0 Å². The SMILES string of the molecule is O=C(NCCC(=O)S[C@H]1CC(=O)N1C(C(=O)OCc1ccc([N+](=O)[O-])cc1)=P(c1ccccc1)(c1ccccc1)c1ccccc1)OCc1ccc([N+](=O)[O-])cc1. The average Bonchev–Trinajstić information content (AvgIpc) is 3.23. The highest BCUT2D eigenvalue weighted by Crippen LogP contribution is 2.49. The van der Waals surface area contributed by atoms with Gasteiger partial charge in [0.05, 0.1) is 21.6 Å². The number of esters is 1. The summed E-state index contributed by atoms with van der Waals surface area (Å²) in [4.78, 5) is 76.8. The first-order valence-electron chi connectivity index (χ1n) is 17.6. The molecule has 0 radical (unpaired) electrons. The van der Waals surface area contributed by atoms with Crippen molar-refractivity contribution in [2.24, 2.45) is 0 Å². The maximum absolute atomic E-state index is 14.8. The summed E-state index contributed by atoms with van der Waals surface area (Å²) in [5.41, 5.74) is 0.886. The molecule has 1 aliphatic heterocycles. The van der Waals surface area contributed by atoms with E-state index in [1.165, 1.54) is 53.4 Å². The van der Waals surface area contributed by atoms with Crippen LogP contribution >= 0.6 is 18.6 Å². The van der Waals surface area contributed by atoms with Gasteiger partial charge in [-0.25, -0.2) is 9.59 Å². The normalized spacial score (nSPS) is 13.5. The van der Waals surface area contributed by atoms with Gasteiger partial charge in [0.25, 0.3) is 11.4 Å². The molecule has 6 rings (SSSR count). The Hall–Kier alpha value is -6.57. The first-order valence-corrected chi connectivity index (χ1v) is 20.2. The number of non-ortho nitro benzene ring substituents is 2. The Balaban J connectivity index is 1.30. The molecule has 1 saturated heterocycles. The number of nitro groups is 2. The molecule has 1 atom stereocenters. The van der Waals surface area contributed by atoms with Gasteiger partial charge in [-0.3, -0.25) is 34.7 Å². The van der Waals surface area contributed by atoms with Crippen molar-refractivity contribution >= 4 is 74.4 Å². The molecule has 2 amide bonds. The minimum Gasteiger partial charge on any atom is -0.456 e. The maximum Gasteiger partial charge on any atom is 0.407 e. The molecule has 1 heterocycles. The van der Waals surface area contributed by atoms with E-state index in [-0.39, 0.29) is 60.4 Å². The highest BCUT2D eigenvalue weighted by molar-refractivity contribution is 8.14. The van der Waals surface area contributed by atoms with Crippen molar-refractivity contribution < 1.29 is 38.5 Å². The number of hydrogen-bond acceptors (Lipinski definition) is 11. The number of alkyl carbamates (subject to hydrolysis) is 1. The molecule has 0 saturated carbocycles. The van der Waals surface area contributed by atoms with Gasteiger partial charge in [-0.1, -0.05) is 103 Å². The summed E-state index contributed by atoms with van der Waals surface area (Å²) in [6.45, 7) is -3.71. The predicted octanol–water partition coefficient (Wildman–Crippen LogP) is 5.80. The summed E-state index contributed by atoms with van der Waals surface area (Å²) >= 11 is 0.874. The highest BCUT2D eigenvalue weighted by atomic mass is 32.2. The largest absolute Gasteiger partial charge is 0.456 e. The van der Waals surface area contributed by atoms with Crippen molar-refractivity contribution in [3.05, 3.63) is 171 Å². The highest BCUT2D eigenvalue weighted by Gasteiger charge is 2.48. The number of benzene rings is 5. The number of carbonyl (C=O) groups is 4. The Bertz CT molecular complexity index is 2230. The van der Waals surface area contributed by atoms with Crippen molar-refractivity contribution in [3.8, 4) is 0 Å². The van der Waals surface area contributed by atoms with E-state index in [2.05, 4.69) is 5.32 Å². The van der Waals surface area contributed by atoms with Gasteiger partial charge in [0.15, 0.2) is 5.12 Å². The van der Waals surface area contributed by atoms with Crippen LogP contribution in [0.15, 0.2) is 140 Å². The fraction of sp³-hybridized carbons (Fsp3) is 0.146. The van der Waals surface area contributed by atoms with Crippen molar-refractivity contribution in [3.63, 3.8) is 0 Å². The lowest BCUT2D eigenvalue weighted by Crippen LogP contribution is -2.58. The summed E-state index contributed by atoms with van der Waals surface area (Å²) in [7, 11) is 0. The molecule has 14 nitrogen and oxygen atoms in total. The number of nitrogens with zero attached hydrogens (tertiary/aromatic N) is 3. The second-order valence-electron chi connectivity index (χ2n) is 12.6. The van der Waals surface area contributed by atoms with E-state index < -0.39 is 34.2 Å². The lowest BCUT2D eigenvalue weighted by atomic mass is 10.2. The van der Waals surface area contributed by atoms with Gasteiger partial charge in [-0.05, 0) is 51.3 Å². The lowest BCUT2D eigenvalue weighted by molar-refractivity contribution is -0.385. The van der Waals surface area contributed by atoms with Crippen molar-refractivity contribution in [2.45, 2.75) is 31.4 Å². The first kappa shape index (κ1) is 40.1. The Morgan fingerprint density at radius 3 is 1.54 bits per heavy atom. The van der Waals surface area contributed by atoms with Crippen LogP contribution in [0.4, 0.5) is 16.2 Å². The number of ether oxygens (including phenoxy) is 2. The molecule has 0 aromatic heterocycles. The predicted molar refractivity (Wildman–Crippen MR) is 217 cm³/mol. The molecular formula is C41H35N4O10PS. The van der Waals surface area contributed by atoms with E-state index >= 15 is 0 Å². The molecule has 0 unspecified atom stereocenters. The fourth-order valence-corrected chi connectivity index (χ4v) is 11.8. The number of rotatable bonds is 15. The number of nitro benzene ring substituents is 2. The van der Waals surface area contributed by atoms with E-state index in [9.17, 15) is 39.4 Å². The topological polar surface area (TPSA) is 188 Å². The van der Waals surface area contributed by atoms with Crippen LogP contribution in [0.25, 0.3) is 0 Å². The number of β-lactam (4-membered cyclic amide) rings is 1. The first-order chi connectivity index (χ1) is 27.6. The molecule has 57 heavy (non-hydrogen) atoms. The minimum atomic E-state index is -3.25. The van der Waals surface area contributed by atoms with Crippen molar-refractivity contribution in [1.82, 2.24) is 10.2 Å². The smallest absolute Gasteiger partial charge is 0.407 e. The molecule has 1 aliphatic rings. The fourth-order valence-electron chi connectivity index (χ4n) is 6.22. The van der Waals surface area contributed by atoms with Gasteiger partial charge < -0.3 is 14.8 Å². The van der Waals surface area contributed by atoms with Gasteiger partial charge in [-0.15, -0.1) is 0 Å². The summed E-state index contributed by atoms with van der Waals surface area (Å²) in [6, 6.07) is 39.3. The molecule has 5 aromatic rings. The third kappa shape index (κ3) is 9.29. The zero-order chi connectivity index (χ0) is 40.4. The van der Waals surface area contributed by atoms with Crippen LogP contribution in [0.1, 0.15) is 24.0 Å². The monoisotopic (exact) mass is 806 g/mol. The minimum absolute atomic E-state index is 0.0430. The Labute approximate surface area is 331 Å². The van der Waals surface area contributed by atoms with Crippen LogP contribution in [-0.2, 0) is 37.1 Å². The standard InChI is InChI=1S/C41H35N4O10PS/c46-36-26-37(57-38(47)24-25-42-41(49)55-28-30-18-22-32(23-19-30)45(52)53)43(36)39(40(48)54-27-29-16-20-31(21-17-29)44(50)51)56(33-10-4-1-5-11-33,34-12-6-2-7-13-34)35-14-8-3-9-15-35/h1-23,37H,24-28H2,(H,42,49)/t37-/m0/s1. The van der Waals surface area contributed by atoms with Gasteiger partial charge in [0.1, 0.15) is 18.6 Å². The Morgan fingerprint density at radius 1 is 0.684 bits per heavy atom. The summed E-state index contributed by atoms with van der Waals surface area (Å²) in [6.07, 6.45) is -0.953. The van der Waals surface area contributed by atoms with Gasteiger partial charge in [0, 0.05) is 44.1 Å². The van der Waals surface area contributed by atoms with Crippen LogP contribution in [0.5, 0.6) is 0 Å². The van der Waals surface area contributed by atoms with Gasteiger partial charge >= 0.3 is 12.1 Å². The molecule has 0 bridgehead atoms. The third-order valence-electron chi connectivity index (χ3n) is 8.96. The van der Waals surface area contributed by atoms with Crippen molar-refractivity contribution in [2.75, 3.05) is 6.54 Å². The molecule has 0 aliphatic carbocycles. The second-order valence-corrected chi connectivity index (χ2v) is 17.1. The Morgan fingerprint density at radius 2 is 1.12 bits per heavy atom. The number of nitrogens with one attached hydrogen (secondary N) is 1.